The van der Waals surface area contributed by atoms with Crippen LogP contribution in [-0.4, -0.2) is 16.3 Å². The van der Waals surface area contributed by atoms with Crippen LogP contribution in [0.15, 0.2) is 46.0 Å². The van der Waals surface area contributed by atoms with Gasteiger partial charge in [0.1, 0.15) is 5.75 Å². The second-order valence-electron chi connectivity index (χ2n) is 4.18. The average molecular weight is 383 g/mol. The quantitative estimate of drug-likeness (QED) is 0.502. The van der Waals surface area contributed by atoms with Gasteiger partial charge in [0, 0.05) is 10.0 Å². The zero-order valence-electron chi connectivity index (χ0n) is 10.5. The Morgan fingerprint density at radius 3 is 2.95 bits per heavy atom. The minimum Gasteiger partial charge on any atom is -0.506 e. The third-order valence-electron chi connectivity index (χ3n) is 2.72. The van der Waals surface area contributed by atoms with Gasteiger partial charge in [-0.25, -0.2) is 4.98 Å². The summed E-state index contributed by atoms with van der Waals surface area (Å²) in [7, 11) is 0. The Morgan fingerprint density at radius 2 is 2.14 bits per heavy atom. The third-order valence-corrected chi connectivity index (χ3v) is 4.40. The van der Waals surface area contributed by atoms with Gasteiger partial charge in [-0.15, -0.1) is 0 Å². The van der Waals surface area contributed by atoms with Crippen LogP contribution in [0, 0.1) is 0 Å². The minimum atomic E-state index is -0.00489. The third kappa shape index (κ3) is 3.18. The summed E-state index contributed by atoms with van der Waals surface area (Å²) in [5.74, 6) is -0.00489. The largest absolute Gasteiger partial charge is 0.506 e. The molecule has 0 bridgehead atoms. The molecule has 0 aliphatic heterocycles. The van der Waals surface area contributed by atoms with Crippen LogP contribution in [-0.2, 0) is 0 Å². The Labute approximate surface area is 138 Å². The first-order valence-corrected chi connectivity index (χ1v) is 7.95. The van der Waals surface area contributed by atoms with Crippen molar-refractivity contribution in [3.8, 4) is 5.75 Å². The predicted molar refractivity (Wildman–Crippen MR) is 91.7 cm³/mol. The van der Waals surface area contributed by atoms with Crippen molar-refractivity contribution in [2.24, 2.45) is 5.10 Å². The van der Waals surface area contributed by atoms with Crippen LogP contribution in [0.1, 0.15) is 5.56 Å². The molecule has 0 saturated heterocycles. The number of fused-ring (bicyclic) bond motifs is 1. The zero-order valence-corrected chi connectivity index (χ0v) is 13.7. The van der Waals surface area contributed by atoms with E-state index >= 15 is 0 Å². The van der Waals surface area contributed by atoms with E-state index in [1.165, 1.54) is 17.6 Å². The highest BCUT2D eigenvalue weighted by Gasteiger charge is 2.06. The van der Waals surface area contributed by atoms with Gasteiger partial charge in [0.15, 0.2) is 0 Å². The Balaban J connectivity index is 1.81. The smallest absolute Gasteiger partial charge is 0.204 e. The topological polar surface area (TPSA) is 57.5 Å². The number of thiazole rings is 1. The lowest BCUT2D eigenvalue weighted by atomic mass is 10.2. The standard InChI is InChI=1S/C14H9BrClN3OS/c15-9-5-8(13(20)10(16)6-9)7-17-19-14-18-11-3-1-2-4-12(11)21-14/h1-7,20H,(H,18,19)/b17-7-. The lowest BCUT2D eigenvalue weighted by Gasteiger charge is -2.02. The number of benzene rings is 2. The molecule has 2 aromatic carbocycles. The fourth-order valence-electron chi connectivity index (χ4n) is 1.76. The molecule has 4 nitrogen and oxygen atoms in total. The van der Waals surface area contributed by atoms with Gasteiger partial charge in [-0.3, -0.25) is 5.43 Å². The van der Waals surface area contributed by atoms with E-state index in [1.807, 2.05) is 24.3 Å². The summed E-state index contributed by atoms with van der Waals surface area (Å²) in [6, 6.07) is 11.2. The van der Waals surface area contributed by atoms with Crippen molar-refractivity contribution >= 4 is 60.4 Å². The molecule has 1 aromatic heterocycles. The molecule has 0 spiro atoms. The normalized spacial score (nSPS) is 11.3. The molecular formula is C14H9BrClN3OS. The van der Waals surface area contributed by atoms with Gasteiger partial charge in [-0.1, -0.05) is 51.0 Å². The van der Waals surface area contributed by atoms with Gasteiger partial charge in [0.2, 0.25) is 5.13 Å². The molecule has 3 aromatic rings. The van der Waals surface area contributed by atoms with E-state index in [9.17, 15) is 5.11 Å². The number of aromatic nitrogens is 1. The molecule has 0 saturated carbocycles. The number of nitrogens with one attached hydrogen (secondary N) is 1. The molecular weight excluding hydrogens is 374 g/mol. The highest BCUT2D eigenvalue weighted by atomic mass is 79.9. The molecule has 0 aliphatic rings. The Hall–Kier alpha value is -1.63. The van der Waals surface area contributed by atoms with Gasteiger partial charge >= 0.3 is 0 Å². The summed E-state index contributed by atoms with van der Waals surface area (Å²) in [5.41, 5.74) is 4.30. The second-order valence-corrected chi connectivity index (χ2v) is 6.54. The Morgan fingerprint density at radius 1 is 1.33 bits per heavy atom. The Bertz CT molecular complexity index is 801. The van der Waals surface area contributed by atoms with Gasteiger partial charge in [0.25, 0.3) is 0 Å². The number of rotatable bonds is 3. The number of hydrogen-bond donors (Lipinski definition) is 2. The number of aromatic hydroxyl groups is 1. The minimum absolute atomic E-state index is 0.00489. The van der Waals surface area contributed by atoms with Gasteiger partial charge in [-0.2, -0.15) is 5.10 Å². The molecule has 0 atom stereocenters. The van der Waals surface area contributed by atoms with E-state index in [1.54, 1.807) is 12.1 Å². The van der Waals surface area contributed by atoms with Gasteiger partial charge in [0.05, 0.1) is 21.5 Å². The van der Waals surface area contributed by atoms with Crippen LogP contribution in [0.2, 0.25) is 5.02 Å². The van der Waals surface area contributed by atoms with Crippen LogP contribution in [0.25, 0.3) is 10.2 Å². The molecule has 7 heteroatoms. The van der Waals surface area contributed by atoms with Crippen molar-refractivity contribution in [3.63, 3.8) is 0 Å². The highest BCUT2D eigenvalue weighted by Crippen LogP contribution is 2.30. The number of hydrazone groups is 1. The second kappa shape index (κ2) is 6.01. The molecule has 0 amide bonds. The van der Waals surface area contributed by atoms with Gasteiger partial charge in [-0.05, 0) is 24.3 Å². The monoisotopic (exact) mass is 381 g/mol. The molecule has 0 aliphatic carbocycles. The van der Waals surface area contributed by atoms with E-state index in [4.69, 9.17) is 11.6 Å². The molecule has 0 radical (unpaired) electrons. The molecule has 0 fully saturated rings. The Kier molecular flexibility index (Phi) is 4.10. The van der Waals surface area contributed by atoms with E-state index in [2.05, 4.69) is 31.4 Å². The highest BCUT2D eigenvalue weighted by molar-refractivity contribution is 9.10. The number of para-hydroxylation sites is 1. The van der Waals surface area contributed by atoms with Crippen molar-refractivity contribution in [3.05, 3.63) is 51.5 Å². The first-order chi connectivity index (χ1) is 10.1. The summed E-state index contributed by atoms with van der Waals surface area (Å²) in [4.78, 5) is 4.40. The molecule has 1 heterocycles. The molecule has 3 rings (SSSR count). The molecule has 2 N–H and O–H groups in total. The maximum absolute atomic E-state index is 9.85. The average Bonchev–Trinajstić information content (AvgIpc) is 2.86. The SMILES string of the molecule is Oc1c(Cl)cc(Br)cc1/C=N\Nc1nc2ccccc2s1. The predicted octanol–water partition coefficient (Wildman–Crippen LogP) is 4.86. The van der Waals surface area contributed by atoms with Crippen molar-refractivity contribution in [1.82, 2.24) is 4.98 Å². The van der Waals surface area contributed by atoms with Crippen LogP contribution in [0.3, 0.4) is 0 Å². The number of nitrogens with zero attached hydrogens (tertiary/aromatic N) is 2. The molecule has 21 heavy (non-hydrogen) atoms. The number of halogens is 2. The fraction of sp³-hybridized carbons (Fsp3) is 0. The zero-order chi connectivity index (χ0) is 14.8. The van der Waals surface area contributed by atoms with Crippen molar-refractivity contribution in [2.45, 2.75) is 0 Å². The summed E-state index contributed by atoms with van der Waals surface area (Å²) in [5, 5.41) is 14.9. The summed E-state index contributed by atoms with van der Waals surface area (Å²) < 4.78 is 1.86. The van der Waals surface area contributed by atoms with Crippen LogP contribution >= 0.6 is 38.9 Å². The summed E-state index contributed by atoms with van der Waals surface area (Å²) in [6.07, 6.45) is 1.50. The van der Waals surface area contributed by atoms with Gasteiger partial charge < -0.3 is 5.11 Å². The first-order valence-electron chi connectivity index (χ1n) is 5.96. The first kappa shape index (κ1) is 14.3. The number of phenolic OH excluding ortho intramolecular Hbond substituents is 1. The number of anilines is 1. The van der Waals surface area contributed by atoms with E-state index in [0.717, 1.165) is 14.7 Å². The maximum atomic E-state index is 9.85. The van der Waals surface area contributed by atoms with Crippen LogP contribution in [0.4, 0.5) is 5.13 Å². The lowest BCUT2D eigenvalue weighted by Crippen LogP contribution is -1.90. The van der Waals surface area contributed by atoms with Crippen molar-refractivity contribution in [2.75, 3.05) is 5.43 Å². The van der Waals surface area contributed by atoms with Crippen molar-refractivity contribution in [1.29, 1.82) is 0 Å². The number of phenols is 1. The maximum Gasteiger partial charge on any atom is 0.204 e. The fourth-order valence-corrected chi connectivity index (χ4v) is 3.41. The van der Waals surface area contributed by atoms with E-state index < -0.39 is 0 Å². The van der Waals surface area contributed by atoms with E-state index in [0.29, 0.717) is 10.7 Å². The van der Waals surface area contributed by atoms with Crippen LogP contribution in [0.5, 0.6) is 5.75 Å². The summed E-state index contributed by atoms with van der Waals surface area (Å²) in [6.45, 7) is 0. The summed E-state index contributed by atoms with van der Waals surface area (Å²) >= 11 is 10.7. The molecule has 106 valence electrons. The van der Waals surface area contributed by atoms with E-state index in [-0.39, 0.29) is 10.8 Å². The number of hydrogen-bond acceptors (Lipinski definition) is 5. The van der Waals surface area contributed by atoms with Crippen LogP contribution < -0.4 is 5.43 Å². The molecule has 0 unspecified atom stereocenters. The van der Waals surface area contributed by atoms with Crippen molar-refractivity contribution < 1.29 is 5.11 Å². The lowest BCUT2D eigenvalue weighted by molar-refractivity contribution is 0.474.